The molecule has 4 fully saturated rings. The smallest absolute Gasteiger partial charge is 0.123 e. The number of fused-ring (bicyclic) bond motifs is 9. The van der Waals surface area contributed by atoms with Gasteiger partial charge in [0.25, 0.3) is 0 Å². The van der Waals surface area contributed by atoms with Gasteiger partial charge in [-0.3, -0.25) is 0 Å². The van der Waals surface area contributed by atoms with Gasteiger partial charge in [-0.05, 0) is 74.5 Å². The lowest BCUT2D eigenvalue weighted by Gasteiger charge is -2.36. The normalized spacial score (nSPS) is 48.4. The zero-order valence-corrected chi connectivity index (χ0v) is 14.3. The van der Waals surface area contributed by atoms with Crippen LogP contribution in [0.5, 0.6) is 0 Å². The third-order valence-electron chi connectivity index (χ3n) is 7.19. The van der Waals surface area contributed by atoms with Gasteiger partial charge >= 0.3 is 0 Å². The molecule has 2 heteroatoms. The standard InChI is InChI=1S/C21H28O2/c1-21(2,23-12-17-11-22-17)7-3-4-13-8-16-10-18(13)20-15-6-5-14(9-15)19(16)20/h5-6,13-20H,4,8-12H2,1-2H3/t13-,14+,15+,16-,17+,18+,19-,20-/m1/s1. The molecule has 0 aromatic heterocycles. The Morgan fingerprint density at radius 1 is 1.13 bits per heavy atom. The van der Waals surface area contributed by atoms with Crippen molar-refractivity contribution in [3.05, 3.63) is 12.2 Å². The highest BCUT2D eigenvalue weighted by Gasteiger charge is 2.60. The van der Waals surface area contributed by atoms with Crippen molar-refractivity contribution in [3.8, 4) is 11.8 Å². The lowest BCUT2D eigenvalue weighted by atomic mass is 9.69. The van der Waals surface area contributed by atoms with Crippen LogP contribution in [0.1, 0.15) is 39.5 Å². The second kappa shape index (κ2) is 5.11. The molecule has 4 aliphatic carbocycles. The van der Waals surface area contributed by atoms with Crippen LogP contribution in [0, 0.1) is 53.3 Å². The number of hydrogen-bond donors (Lipinski definition) is 0. The maximum Gasteiger partial charge on any atom is 0.123 e. The molecule has 4 bridgehead atoms. The predicted molar refractivity (Wildman–Crippen MR) is 89.6 cm³/mol. The fraction of sp³-hybridized carbons (Fsp3) is 0.810. The van der Waals surface area contributed by atoms with E-state index in [1.54, 1.807) is 0 Å². The first-order chi connectivity index (χ1) is 11.1. The Balaban J connectivity index is 1.20. The van der Waals surface area contributed by atoms with Crippen molar-refractivity contribution in [3.63, 3.8) is 0 Å². The molecular formula is C21H28O2. The Bertz CT molecular complexity index is 576. The van der Waals surface area contributed by atoms with Gasteiger partial charge in [-0.2, -0.15) is 0 Å². The molecule has 124 valence electrons. The SMILES string of the molecule is CC(C)(C#CC[C@@H]1C[C@@H]2C[C@@H]1[C@@H]1[C@@H]2[C@H]2C=C[C@H]1C2)OC[C@@H]1CO1. The van der Waals surface area contributed by atoms with Crippen LogP contribution in [-0.4, -0.2) is 24.9 Å². The lowest BCUT2D eigenvalue weighted by molar-refractivity contribution is 0.0177. The van der Waals surface area contributed by atoms with Gasteiger partial charge in [0.15, 0.2) is 0 Å². The van der Waals surface area contributed by atoms with Crippen LogP contribution in [0.2, 0.25) is 0 Å². The summed E-state index contributed by atoms with van der Waals surface area (Å²) >= 11 is 0. The van der Waals surface area contributed by atoms with Crippen LogP contribution in [0.15, 0.2) is 12.2 Å². The molecule has 8 atom stereocenters. The molecule has 0 unspecified atom stereocenters. The first kappa shape index (κ1) is 14.6. The summed E-state index contributed by atoms with van der Waals surface area (Å²) in [6, 6.07) is 0. The van der Waals surface area contributed by atoms with E-state index in [2.05, 4.69) is 37.8 Å². The highest BCUT2D eigenvalue weighted by atomic mass is 16.6. The van der Waals surface area contributed by atoms with Crippen LogP contribution in [0.3, 0.4) is 0 Å². The Morgan fingerprint density at radius 3 is 2.70 bits per heavy atom. The average molecular weight is 312 g/mol. The topological polar surface area (TPSA) is 21.8 Å². The minimum atomic E-state index is -0.332. The predicted octanol–water partition coefficient (Wildman–Crippen LogP) is 3.67. The van der Waals surface area contributed by atoms with Gasteiger partial charge in [0.1, 0.15) is 11.7 Å². The van der Waals surface area contributed by atoms with Crippen molar-refractivity contribution >= 4 is 0 Å². The number of hydrogen-bond acceptors (Lipinski definition) is 2. The zero-order valence-electron chi connectivity index (χ0n) is 14.3. The molecule has 0 amide bonds. The lowest BCUT2D eigenvalue weighted by Crippen LogP contribution is -2.31. The Labute approximate surface area is 140 Å². The van der Waals surface area contributed by atoms with Gasteiger partial charge in [0.05, 0.1) is 13.2 Å². The fourth-order valence-corrected chi connectivity index (χ4v) is 6.28. The maximum absolute atomic E-state index is 5.88. The van der Waals surface area contributed by atoms with Gasteiger partial charge in [0, 0.05) is 6.42 Å². The van der Waals surface area contributed by atoms with E-state index in [9.17, 15) is 0 Å². The van der Waals surface area contributed by atoms with Crippen molar-refractivity contribution in [1.29, 1.82) is 0 Å². The summed E-state index contributed by atoms with van der Waals surface area (Å²) in [5.74, 6) is 13.6. The highest BCUT2D eigenvalue weighted by molar-refractivity contribution is 5.21. The summed E-state index contributed by atoms with van der Waals surface area (Å²) < 4.78 is 11.1. The van der Waals surface area contributed by atoms with Gasteiger partial charge in [-0.15, -0.1) is 0 Å². The van der Waals surface area contributed by atoms with Crippen LogP contribution in [-0.2, 0) is 9.47 Å². The number of ether oxygens (including phenoxy) is 2. The van der Waals surface area contributed by atoms with Gasteiger partial charge in [-0.25, -0.2) is 0 Å². The Morgan fingerprint density at radius 2 is 1.91 bits per heavy atom. The molecule has 0 radical (unpaired) electrons. The van der Waals surface area contributed by atoms with E-state index in [0.717, 1.165) is 54.5 Å². The molecule has 2 nitrogen and oxygen atoms in total. The molecule has 0 spiro atoms. The third-order valence-corrected chi connectivity index (χ3v) is 7.19. The van der Waals surface area contributed by atoms with E-state index in [-0.39, 0.29) is 5.60 Å². The van der Waals surface area contributed by atoms with Crippen LogP contribution < -0.4 is 0 Å². The summed E-state index contributed by atoms with van der Waals surface area (Å²) in [5, 5.41) is 0. The third kappa shape index (κ3) is 2.48. The summed E-state index contributed by atoms with van der Waals surface area (Å²) in [6.07, 6.45) is 10.9. The van der Waals surface area contributed by atoms with Crippen molar-refractivity contribution in [2.24, 2.45) is 41.4 Å². The van der Waals surface area contributed by atoms with Crippen LogP contribution in [0.4, 0.5) is 0 Å². The van der Waals surface area contributed by atoms with Crippen molar-refractivity contribution in [2.45, 2.75) is 51.2 Å². The summed E-state index contributed by atoms with van der Waals surface area (Å²) in [5.41, 5.74) is -0.332. The molecule has 3 saturated carbocycles. The summed E-state index contributed by atoms with van der Waals surface area (Å²) in [6.45, 7) is 5.71. The molecule has 23 heavy (non-hydrogen) atoms. The molecule has 0 aromatic carbocycles. The highest BCUT2D eigenvalue weighted by Crippen LogP contribution is 2.67. The fourth-order valence-electron chi connectivity index (χ4n) is 6.28. The minimum absolute atomic E-state index is 0.324. The van der Waals surface area contributed by atoms with E-state index in [0.29, 0.717) is 12.7 Å². The molecule has 1 heterocycles. The second-order valence-electron chi connectivity index (χ2n) is 9.04. The quantitative estimate of drug-likeness (QED) is 0.342. The largest absolute Gasteiger partial charge is 0.371 e. The second-order valence-corrected chi connectivity index (χ2v) is 9.04. The van der Waals surface area contributed by atoms with E-state index in [4.69, 9.17) is 9.47 Å². The van der Waals surface area contributed by atoms with Gasteiger partial charge < -0.3 is 9.47 Å². The van der Waals surface area contributed by atoms with E-state index < -0.39 is 0 Å². The molecule has 0 N–H and O–H groups in total. The van der Waals surface area contributed by atoms with Gasteiger partial charge in [-0.1, -0.05) is 24.0 Å². The van der Waals surface area contributed by atoms with E-state index in [1.807, 2.05) is 0 Å². The van der Waals surface area contributed by atoms with Crippen molar-refractivity contribution in [2.75, 3.05) is 13.2 Å². The first-order valence-corrected chi connectivity index (χ1v) is 9.54. The van der Waals surface area contributed by atoms with Crippen LogP contribution in [0.25, 0.3) is 0 Å². The maximum atomic E-state index is 5.88. The minimum Gasteiger partial charge on any atom is -0.371 e. The summed E-state index contributed by atoms with van der Waals surface area (Å²) in [4.78, 5) is 0. The Kier molecular flexibility index (Phi) is 3.23. The average Bonchev–Trinajstić information content (AvgIpc) is 2.92. The molecule has 0 aromatic rings. The molecule has 1 saturated heterocycles. The number of allylic oxidation sites excluding steroid dienone is 2. The zero-order chi connectivity index (χ0) is 15.6. The first-order valence-electron chi connectivity index (χ1n) is 9.54. The molecule has 5 rings (SSSR count). The number of epoxide rings is 1. The summed E-state index contributed by atoms with van der Waals surface area (Å²) in [7, 11) is 0. The van der Waals surface area contributed by atoms with Crippen molar-refractivity contribution < 1.29 is 9.47 Å². The monoisotopic (exact) mass is 312 g/mol. The Hall–Kier alpha value is -0.780. The molecular weight excluding hydrogens is 284 g/mol. The van der Waals surface area contributed by atoms with Gasteiger partial charge in [0.2, 0.25) is 0 Å². The van der Waals surface area contributed by atoms with Crippen LogP contribution >= 0.6 is 0 Å². The van der Waals surface area contributed by atoms with E-state index in [1.165, 1.54) is 19.3 Å². The van der Waals surface area contributed by atoms with Crippen molar-refractivity contribution in [1.82, 2.24) is 0 Å². The van der Waals surface area contributed by atoms with E-state index >= 15 is 0 Å². The molecule has 5 aliphatic rings. The molecule has 1 aliphatic heterocycles. The number of rotatable bonds is 4.